The van der Waals surface area contributed by atoms with Crippen LogP contribution < -0.4 is 15.8 Å². The van der Waals surface area contributed by atoms with Crippen LogP contribution in [-0.4, -0.2) is 12.8 Å². The Morgan fingerprint density at radius 2 is 2.35 bits per heavy atom. The van der Waals surface area contributed by atoms with E-state index in [0.717, 1.165) is 42.3 Å². The average molecular weight is 255 g/mol. The molecule has 3 nitrogen and oxygen atoms in total. The minimum absolute atomic E-state index is 0.0556. The van der Waals surface area contributed by atoms with Gasteiger partial charge in [0, 0.05) is 10.9 Å². The van der Waals surface area contributed by atoms with Crippen molar-refractivity contribution in [2.75, 3.05) is 11.9 Å². The average Bonchev–Trinajstić information content (AvgIpc) is 2.72. The molecule has 0 radical (unpaired) electrons. The molecule has 0 saturated heterocycles. The molecule has 0 aromatic heterocycles. The van der Waals surface area contributed by atoms with E-state index in [-0.39, 0.29) is 6.23 Å². The Balaban J connectivity index is 2.02. The lowest BCUT2D eigenvalue weighted by atomic mass is 9.98. The van der Waals surface area contributed by atoms with E-state index in [9.17, 15) is 0 Å². The second-order valence-electron chi connectivity index (χ2n) is 4.42. The maximum absolute atomic E-state index is 5.96. The molecular formula is C13H19ClN2O. The van der Waals surface area contributed by atoms with Gasteiger partial charge in [-0.3, -0.25) is 0 Å². The molecule has 3 N–H and O–H groups in total. The Kier molecular flexibility index (Phi) is 4.13. The van der Waals surface area contributed by atoms with Crippen LogP contribution in [0.3, 0.4) is 0 Å². The van der Waals surface area contributed by atoms with E-state index >= 15 is 0 Å². The summed E-state index contributed by atoms with van der Waals surface area (Å²) in [7, 11) is 0. The minimum Gasteiger partial charge on any atom is -0.468 e. The van der Waals surface area contributed by atoms with Gasteiger partial charge in [0.05, 0.1) is 5.69 Å². The van der Waals surface area contributed by atoms with Crippen molar-refractivity contribution in [2.45, 2.75) is 32.4 Å². The zero-order valence-electron chi connectivity index (χ0n) is 10.1. The van der Waals surface area contributed by atoms with E-state index in [1.807, 2.05) is 18.2 Å². The molecule has 2 rings (SSSR count). The highest BCUT2D eigenvalue weighted by Crippen LogP contribution is 2.37. The molecule has 1 aromatic carbocycles. The fraction of sp³-hybridized carbons (Fsp3) is 0.538. The van der Waals surface area contributed by atoms with Gasteiger partial charge in [-0.15, -0.1) is 0 Å². The number of anilines is 1. The number of hydrogen-bond acceptors (Lipinski definition) is 3. The first-order valence-electron chi connectivity index (χ1n) is 6.17. The van der Waals surface area contributed by atoms with Gasteiger partial charge in [-0.2, -0.15) is 0 Å². The second-order valence-corrected chi connectivity index (χ2v) is 4.86. The largest absolute Gasteiger partial charge is 0.468 e. The Labute approximate surface area is 107 Å². The highest BCUT2D eigenvalue weighted by Gasteiger charge is 2.28. The highest BCUT2D eigenvalue weighted by atomic mass is 35.5. The summed E-state index contributed by atoms with van der Waals surface area (Å²) in [5.41, 5.74) is 6.55. The van der Waals surface area contributed by atoms with Gasteiger partial charge >= 0.3 is 0 Å². The quantitative estimate of drug-likeness (QED) is 0.848. The molecule has 0 spiro atoms. The lowest BCUT2D eigenvalue weighted by molar-refractivity contribution is 0.166. The van der Waals surface area contributed by atoms with Crippen LogP contribution in [0.25, 0.3) is 0 Å². The number of nitrogens with one attached hydrogen (secondary N) is 1. The van der Waals surface area contributed by atoms with Gasteiger partial charge in [-0.1, -0.05) is 18.5 Å². The lowest BCUT2D eigenvalue weighted by Gasteiger charge is -2.21. The Morgan fingerprint density at radius 3 is 3.06 bits per heavy atom. The minimum atomic E-state index is 0.0556. The molecule has 1 aromatic rings. The number of nitrogens with two attached hydrogens (primary N) is 1. The van der Waals surface area contributed by atoms with Gasteiger partial charge in [0.25, 0.3) is 0 Å². The molecule has 1 aliphatic heterocycles. The first-order valence-corrected chi connectivity index (χ1v) is 6.55. The van der Waals surface area contributed by atoms with Crippen LogP contribution in [0, 0.1) is 5.92 Å². The first kappa shape index (κ1) is 12.5. The van der Waals surface area contributed by atoms with Gasteiger partial charge in [0.2, 0.25) is 0 Å². The van der Waals surface area contributed by atoms with Gasteiger partial charge < -0.3 is 15.8 Å². The molecule has 2 atom stereocenters. The topological polar surface area (TPSA) is 47.3 Å². The standard InChI is InChI=1S/C13H19ClN2O/c1-2-9(4-3-7-15)13-16-11-8-10(14)5-6-12(11)17-13/h5-6,8-9,13,16H,2-4,7,15H2,1H3. The van der Waals surface area contributed by atoms with Crippen molar-refractivity contribution in [3.63, 3.8) is 0 Å². The summed E-state index contributed by atoms with van der Waals surface area (Å²) in [4.78, 5) is 0. The van der Waals surface area contributed by atoms with Crippen LogP contribution in [0.15, 0.2) is 18.2 Å². The fourth-order valence-electron chi connectivity index (χ4n) is 2.20. The molecule has 0 bridgehead atoms. The highest BCUT2D eigenvalue weighted by molar-refractivity contribution is 6.30. The van der Waals surface area contributed by atoms with Gasteiger partial charge in [0.15, 0.2) is 6.23 Å². The molecule has 94 valence electrons. The van der Waals surface area contributed by atoms with E-state index in [2.05, 4.69) is 12.2 Å². The Hall–Kier alpha value is -0.930. The van der Waals surface area contributed by atoms with E-state index in [1.54, 1.807) is 0 Å². The fourth-order valence-corrected chi connectivity index (χ4v) is 2.37. The lowest BCUT2D eigenvalue weighted by Crippen LogP contribution is -2.30. The first-order chi connectivity index (χ1) is 8.24. The smallest absolute Gasteiger partial charge is 0.172 e. The number of halogens is 1. The van der Waals surface area contributed by atoms with Crippen LogP contribution in [-0.2, 0) is 0 Å². The Bertz CT molecular complexity index is 384. The van der Waals surface area contributed by atoms with Crippen molar-refractivity contribution in [1.82, 2.24) is 0 Å². The monoisotopic (exact) mass is 254 g/mol. The predicted molar refractivity (Wildman–Crippen MR) is 71.6 cm³/mol. The maximum Gasteiger partial charge on any atom is 0.172 e. The summed E-state index contributed by atoms with van der Waals surface area (Å²) in [5.74, 6) is 1.38. The number of fused-ring (bicyclic) bond motifs is 1. The number of rotatable bonds is 5. The molecule has 2 unspecified atom stereocenters. The van der Waals surface area contributed by atoms with Gasteiger partial charge in [-0.05, 0) is 44.0 Å². The molecule has 4 heteroatoms. The van der Waals surface area contributed by atoms with Crippen LogP contribution >= 0.6 is 11.6 Å². The number of ether oxygens (including phenoxy) is 1. The molecule has 0 saturated carbocycles. The van der Waals surface area contributed by atoms with E-state index in [1.165, 1.54) is 0 Å². The zero-order chi connectivity index (χ0) is 12.3. The zero-order valence-corrected chi connectivity index (χ0v) is 10.8. The summed E-state index contributed by atoms with van der Waals surface area (Å²) in [5, 5.41) is 4.12. The van der Waals surface area contributed by atoms with Crippen molar-refractivity contribution < 1.29 is 4.74 Å². The Morgan fingerprint density at radius 1 is 1.53 bits per heavy atom. The third-order valence-electron chi connectivity index (χ3n) is 3.22. The van der Waals surface area contributed by atoms with Crippen LogP contribution in [0.5, 0.6) is 5.75 Å². The molecule has 1 heterocycles. The van der Waals surface area contributed by atoms with Crippen LogP contribution in [0.1, 0.15) is 26.2 Å². The van der Waals surface area contributed by atoms with E-state index in [4.69, 9.17) is 22.1 Å². The summed E-state index contributed by atoms with van der Waals surface area (Å²) < 4.78 is 5.90. The van der Waals surface area contributed by atoms with Gasteiger partial charge in [0.1, 0.15) is 5.75 Å². The van der Waals surface area contributed by atoms with Crippen LogP contribution in [0.2, 0.25) is 5.02 Å². The van der Waals surface area contributed by atoms with Crippen molar-refractivity contribution in [3.05, 3.63) is 23.2 Å². The molecule has 0 amide bonds. The summed E-state index contributed by atoms with van der Waals surface area (Å²) in [6.07, 6.45) is 3.27. The number of benzene rings is 1. The molecular weight excluding hydrogens is 236 g/mol. The third-order valence-corrected chi connectivity index (χ3v) is 3.46. The van der Waals surface area contributed by atoms with Crippen molar-refractivity contribution in [1.29, 1.82) is 0 Å². The molecule has 0 fully saturated rings. The van der Waals surface area contributed by atoms with E-state index in [0.29, 0.717) is 5.92 Å². The normalized spacial score (nSPS) is 19.4. The maximum atomic E-state index is 5.96. The van der Waals surface area contributed by atoms with Gasteiger partial charge in [-0.25, -0.2) is 0 Å². The summed E-state index contributed by atoms with van der Waals surface area (Å²) in [6, 6.07) is 5.68. The van der Waals surface area contributed by atoms with Crippen molar-refractivity contribution >= 4 is 17.3 Å². The molecule has 17 heavy (non-hydrogen) atoms. The SMILES string of the molecule is CCC(CCCN)C1Nc2cc(Cl)ccc2O1. The third kappa shape index (κ3) is 2.85. The summed E-state index contributed by atoms with van der Waals surface area (Å²) in [6.45, 7) is 2.92. The summed E-state index contributed by atoms with van der Waals surface area (Å²) >= 11 is 5.96. The molecule has 1 aliphatic rings. The molecule has 0 aliphatic carbocycles. The van der Waals surface area contributed by atoms with Crippen molar-refractivity contribution in [2.24, 2.45) is 11.7 Å². The van der Waals surface area contributed by atoms with Crippen LogP contribution in [0.4, 0.5) is 5.69 Å². The predicted octanol–water partition coefficient (Wildman–Crippen LogP) is 3.24. The van der Waals surface area contributed by atoms with Crippen molar-refractivity contribution in [3.8, 4) is 5.75 Å². The second kappa shape index (κ2) is 5.61. The van der Waals surface area contributed by atoms with E-state index < -0.39 is 0 Å². The number of hydrogen-bond donors (Lipinski definition) is 2.